The number of ether oxygens (including phenoxy) is 2. The van der Waals surface area contributed by atoms with Crippen molar-refractivity contribution in [2.24, 2.45) is 5.73 Å². The molecule has 0 unspecified atom stereocenters. The van der Waals surface area contributed by atoms with Gasteiger partial charge in [0.1, 0.15) is 0 Å². The SMILES string of the molecule is COc1ccc(C(=O)N(CCN)Cc2ccccc2)cc1OC.Cl. The molecule has 5 nitrogen and oxygen atoms in total. The van der Waals surface area contributed by atoms with Crippen LogP contribution in [0.5, 0.6) is 11.5 Å². The van der Waals surface area contributed by atoms with Gasteiger partial charge in [0.05, 0.1) is 14.2 Å². The van der Waals surface area contributed by atoms with Crippen molar-refractivity contribution in [3.05, 3.63) is 59.7 Å². The molecule has 0 aliphatic heterocycles. The summed E-state index contributed by atoms with van der Waals surface area (Å²) in [5.41, 5.74) is 7.27. The highest BCUT2D eigenvalue weighted by Crippen LogP contribution is 2.28. The number of nitrogens with zero attached hydrogens (tertiary/aromatic N) is 1. The summed E-state index contributed by atoms with van der Waals surface area (Å²) in [6.45, 7) is 1.42. The van der Waals surface area contributed by atoms with Gasteiger partial charge in [-0.15, -0.1) is 12.4 Å². The van der Waals surface area contributed by atoms with Gasteiger partial charge in [-0.25, -0.2) is 0 Å². The van der Waals surface area contributed by atoms with Crippen LogP contribution >= 0.6 is 12.4 Å². The van der Waals surface area contributed by atoms with Crippen LogP contribution < -0.4 is 15.2 Å². The molecule has 2 aromatic rings. The normalized spacial score (nSPS) is 9.79. The van der Waals surface area contributed by atoms with E-state index in [1.54, 1.807) is 37.3 Å². The number of nitrogens with two attached hydrogens (primary N) is 1. The Hall–Kier alpha value is -2.24. The van der Waals surface area contributed by atoms with Crippen LogP contribution in [0.2, 0.25) is 0 Å². The van der Waals surface area contributed by atoms with Gasteiger partial charge in [0.25, 0.3) is 5.91 Å². The van der Waals surface area contributed by atoms with Gasteiger partial charge in [0.15, 0.2) is 11.5 Å². The van der Waals surface area contributed by atoms with E-state index in [1.807, 2.05) is 30.3 Å². The topological polar surface area (TPSA) is 64.8 Å². The highest BCUT2D eigenvalue weighted by Gasteiger charge is 2.17. The molecule has 0 saturated carbocycles. The maximum Gasteiger partial charge on any atom is 0.254 e. The maximum absolute atomic E-state index is 12.8. The van der Waals surface area contributed by atoms with E-state index in [2.05, 4.69) is 0 Å². The Kier molecular flexibility index (Phi) is 8.09. The highest BCUT2D eigenvalue weighted by atomic mass is 35.5. The summed E-state index contributed by atoms with van der Waals surface area (Å²) in [6.07, 6.45) is 0. The third-order valence-corrected chi connectivity index (χ3v) is 3.53. The van der Waals surface area contributed by atoms with Gasteiger partial charge < -0.3 is 20.1 Å². The number of hydrogen-bond donors (Lipinski definition) is 1. The lowest BCUT2D eigenvalue weighted by molar-refractivity contribution is 0.0748. The Morgan fingerprint density at radius 1 is 1.04 bits per heavy atom. The average Bonchev–Trinajstić information content (AvgIpc) is 2.61. The molecule has 0 atom stereocenters. The van der Waals surface area contributed by atoms with Crippen LogP contribution in [0.4, 0.5) is 0 Å². The lowest BCUT2D eigenvalue weighted by Crippen LogP contribution is -2.34. The molecule has 0 spiro atoms. The number of amides is 1. The van der Waals surface area contributed by atoms with Gasteiger partial charge in [-0.05, 0) is 23.8 Å². The van der Waals surface area contributed by atoms with Gasteiger partial charge in [-0.2, -0.15) is 0 Å². The zero-order valence-electron chi connectivity index (χ0n) is 13.9. The molecule has 2 rings (SSSR count). The molecule has 0 aliphatic carbocycles. The second-order valence-corrected chi connectivity index (χ2v) is 5.07. The standard InChI is InChI=1S/C18H22N2O3.ClH/c1-22-16-9-8-15(12-17(16)23-2)18(21)20(11-10-19)13-14-6-4-3-5-7-14;/h3-9,12H,10-11,13,19H2,1-2H3;1H. The highest BCUT2D eigenvalue weighted by molar-refractivity contribution is 5.95. The van der Waals surface area contributed by atoms with E-state index in [1.165, 1.54) is 0 Å². The Balaban J connectivity index is 0.00000288. The summed E-state index contributed by atoms with van der Waals surface area (Å²) in [5.74, 6) is 1.04. The molecule has 0 aromatic heterocycles. The van der Waals surface area contributed by atoms with E-state index in [9.17, 15) is 4.79 Å². The first kappa shape index (κ1) is 19.8. The molecule has 24 heavy (non-hydrogen) atoms. The minimum atomic E-state index is -0.0831. The molecule has 2 aromatic carbocycles. The van der Waals surface area contributed by atoms with Gasteiger partial charge in [-0.1, -0.05) is 30.3 Å². The number of carbonyl (C=O) groups is 1. The third kappa shape index (κ3) is 4.88. The quantitative estimate of drug-likeness (QED) is 0.833. The Morgan fingerprint density at radius 3 is 2.29 bits per heavy atom. The van der Waals surface area contributed by atoms with Gasteiger partial charge in [-0.3, -0.25) is 4.79 Å². The lowest BCUT2D eigenvalue weighted by atomic mass is 10.1. The fraction of sp³-hybridized carbons (Fsp3) is 0.278. The molecule has 1 amide bonds. The second-order valence-electron chi connectivity index (χ2n) is 5.07. The van der Waals surface area contributed by atoms with Crippen molar-refractivity contribution in [1.29, 1.82) is 0 Å². The van der Waals surface area contributed by atoms with Crippen molar-refractivity contribution in [3.8, 4) is 11.5 Å². The smallest absolute Gasteiger partial charge is 0.254 e. The van der Waals surface area contributed by atoms with Crippen molar-refractivity contribution in [2.75, 3.05) is 27.3 Å². The van der Waals surface area contributed by atoms with Gasteiger partial charge in [0.2, 0.25) is 0 Å². The molecule has 0 heterocycles. The Bertz CT molecular complexity index is 650. The molecule has 0 aliphatic rings. The number of carbonyl (C=O) groups excluding carboxylic acids is 1. The minimum absolute atomic E-state index is 0. The van der Waals surface area contributed by atoms with Crippen molar-refractivity contribution >= 4 is 18.3 Å². The molecule has 0 bridgehead atoms. The number of benzene rings is 2. The van der Waals surface area contributed by atoms with Gasteiger partial charge in [0, 0.05) is 25.2 Å². The molecule has 6 heteroatoms. The van der Waals surface area contributed by atoms with Crippen LogP contribution in [0.3, 0.4) is 0 Å². The number of rotatable bonds is 7. The zero-order valence-corrected chi connectivity index (χ0v) is 14.7. The summed E-state index contributed by atoms with van der Waals surface area (Å²) in [6, 6.07) is 15.0. The molecule has 0 radical (unpaired) electrons. The van der Waals surface area contributed by atoms with E-state index < -0.39 is 0 Å². The first-order valence-electron chi connectivity index (χ1n) is 7.45. The number of hydrogen-bond acceptors (Lipinski definition) is 4. The van der Waals surface area contributed by atoms with Crippen LogP contribution in [0.25, 0.3) is 0 Å². The largest absolute Gasteiger partial charge is 0.493 e. The van der Waals surface area contributed by atoms with Crippen LogP contribution in [-0.4, -0.2) is 38.1 Å². The maximum atomic E-state index is 12.8. The summed E-state index contributed by atoms with van der Waals surface area (Å²) < 4.78 is 10.5. The van der Waals surface area contributed by atoms with Crippen molar-refractivity contribution in [1.82, 2.24) is 4.90 Å². The first-order chi connectivity index (χ1) is 11.2. The Labute approximate surface area is 148 Å². The van der Waals surface area contributed by atoms with E-state index >= 15 is 0 Å². The molecule has 130 valence electrons. The predicted octanol–water partition coefficient (Wildman–Crippen LogP) is 2.73. The van der Waals surface area contributed by atoms with Crippen LogP contribution in [0, 0.1) is 0 Å². The van der Waals surface area contributed by atoms with Gasteiger partial charge >= 0.3 is 0 Å². The van der Waals surface area contributed by atoms with E-state index in [0.29, 0.717) is 36.7 Å². The number of halogens is 1. The first-order valence-corrected chi connectivity index (χ1v) is 7.45. The summed E-state index contributed by atoms with van der Waals surface area (Å²) in [4.78, 5) is 14.5. The fourth-order valence-electron chi connectivity index (χ4n) is 2.36. The molecular weight excluding hydrogens is 328 g/mol. The molecule has 0 saturated heterocycles. The van der Waals surface area contributed by atoms with E-state index in [4.69, 9.17) is 15.2 Å². The summed E-state index contributed by atoms with van der Waals surface area (Å²) in [7, 11) is 3.11. The minimum Gasteiger partial charge on any atom is -0.493 e. The van der Waals surface area contributed by atoms with Crippen molar-refractivity contribution in [2.45, 2.75) is 6.54 Å². The molecule has 2 N–H and O–H groups in total. The molecular formula is C18H23ClN2O3. The van der Waals surface area contributed by atoms with E-state index in [0.717, 1.165) is 5.56 Å². The van der Waals surface area contributed by atoms with Crippen molar-refractivity contribution in [3.63, 3.8) is 0 Å². The van der Waals surface area contributed by atoms with Crippen LogP contribution in [-0.2, 0) is 6.54 Å². The van der Waals surface area contributed by atoms with E-state index in [-0.39, 0.29) is 18.3 Å². The molecule has 0 fully saturated rings. The summed E-state index contributed by atoms with van der Waals surface area (Å²) in [5, 5.41) is 0. The monoisotopic (exact) mass is 350 g/mol. The predicted molar refractivity (Wildman–Crippen MR) is 97.0 cm³/mol. The fourth-order valence-corrected chi connectivity index (χ4v) is 2.36. The average molecular weight is 351 g/mol. The van der Waals surface area contributed by atoms with Crippen LogP contribution in [0.15, 0.2) is 48.5 Å². The number of methoxy groups -OCH3 is 2. The summed E-state index contributed by atoms with van der Waals surface area (Å²) >= 11 is 0. The van der Waals surface area contributed by atoms with Crippen molar-refractivity contribution < 1.29 is 14.3 Å². The van der Waals surface area contributed by atoms with Crippen LogP contribution in [0.1, 0.15) is 15.9 Å². The lowest BCUT2D eigenvalue weighted by Gasteiger charge is -2.22. The zero-order chi connectivity index (χ0) is 16.7. The third-order valence-electron chi connectivity index (χ3n) is 3.53. The Morgan fingerprint density at radius 2 is 1.71 bits per heavy atom. The second kappa shape index (κ2) is 9.80.